The third-order valence-electron chi connectivity index (χ3n) is 2.62. The van der Waals surface area contributed by atoms with Crippen molar-refractivity contribution >= 4 is 44.1 Å². The van der Waals surface area contributed by atoms with E-state index in [0.29, 0.717) is 5.69 Å². The highest BCUT2D eigenvalue weighted by Gasteiger charge is 2.03. The molecule has 0 saturated heterocycles. The van der Waals surface area contributed by atoms with Crippen LogP contribution in [0.4, 0.5) is 17.1 Å². The molecule has 4 nitrogen and oxygen atoms in total. The highest BCUT2D eigenvalue weighted by Crippen LogP contribution is 2.27. The molecule has 90 valence electrons. The Morgan fingerprint density at radius 2 is 2.06 bits per heavy atom. The Labute approximate surface area is 112 Å². The zero-order chi connectivity index (χ0) is 12.5. The van der Waals surface area contributed by atoms with Crippen molar-refractivity contribution in [3.63, 3.8) is 0 Å². The van der Waals surface area contributed by atoms with E-state index in [0.717, 1.165) is 26.9 Å². The molecule has 0 fully saturated rings. The van der Waals surface area contributed by atoms with Crippen LogP contribution in [0.1, 0.15) is 0 Å². The SMILES string of the molecule is Nc1cc(Br)ccc1Nc1ccc2ncoc2c1. The van der Waals surface area contributed by atoms with Crippen molar-refractivity contribution in [2.24, 2.45) is 0 Å². The van der Waals surface area contributed by atoms with Crippen LogP contribution >= 0.6 is 15.9 Å². The van der Waals surface area contributed by atoms with Crippen LogP contribution in [0.25, 0.3) is 11.1 Å². The summed E-state index contributed by atoms with van der Waals surface area (Å²) in [6.07, 6.45) is 1.43. The Morgan fingerprint density at radius 3 is 2.89 bits per heavy atom. The summed E-state index contributed by atoms with van der Waals surface area (Å²) in [5.41, 5.74) is 9.97. The summed E-state index contributed by atoms with van der Waals surface area (Å²) in [6.45, 7) is 0. The molecule has 3 aromatic rings. The predicted octanol–water partition coefficient (Wildman–Crippen LogP) is 3.92. The molecule has 0 spiro atoms. The number of nitrogen functional groups attached to an aromatic ring is 1. The highest BCUT2D eigenvalue weighted by atomic mass is 79.9. The van der Waals surface area contributed by atoms with Crippen molar-refractivity contribution in [1.29, 1.82) is 0 Å². The third kappa shape index (κ3) is 2.04. The first kappa shape index (κ1) is 11.1. The lowest BCUT2D eigenvalue weighted by molar-refractivity contribution is 0.602. The lowest BCUT2D eigenvalue weighted by Crippen LogP contribution is -1.95. The third-order valence-corrected chi connectivity index (χ3v) is 3.12. The van der Waals surface area contributed by atoms with Crippen LogP contribution in [0.15, 0.2) is 51.7 Å². The number of aromatic nitrogens is 1. The molecule has 0 saturated carbocycles. The van der Waals surface area contributed by atoms with Gasteiger partial charge in [0.2, 0.25) is 0 Å². The molecule has 3 N–H and O–H groups in total. The summed E-state index contributed by atoms with van der Waals surface area (Å²) in [5.74, 6) is 0. The van der Waals surface area contributed by atoms with Gasteiger partial charge in [0.1, 0.15) is 5.52 Å². The zero-order valence-electron chi connectivity index (χ0n) is 9.35. The van der Waals surface area contributed by atoms with Gasteiger partial charge in [0.15, 0.2) is 12.0 Å². The van der Waals surface area contributed by atoms with Gasteiger partial charge in [-0.05, 0) is 30.3 Å². The Hall–Kier alpha value is -2.01. The molecule has 0 aliphatic rings. The van der Waals surface area contributed by atoms with Crippen LogP contribution in [0, 0.1) is 0 Å². The molecule has 0 aliphatic heterocycles. The van der Waals surface area contributed by atoms with Crippen LogP contribution in [0.2, 0.25) is 0 Å². The molecular formula is C13H10BrN3O. The highest BCUT2D eigenvalue weighted by molar-refractivity contribution is 9.10. The summed E-state index contributed by atoms with van der Waals surface area (Å²) in [5, 5.41) is 3.25. The maximum Gasteiger partial charge on any atom is 0.181 e. The number of fused-ring (bicyclic) bond motifs is 1. The molecule has 2 aromatic carbocycles. The second-order valence-corrected chi connectivity index (χ2v) is 4.81. The first-order valence-electron chi connectivity index (χ1n) is 5.38. The number of anilines is 3. The molecular weight excluding hydrogens is 294 g/mol. The second-order valence-electron chi connectivity index (χ2n) is 3.89. The number of nitrogens with one attached hydrogen (secondary N) is 1. The number of halogens is 1. The number of hydrogen-bond donors (Lipinski definition) is 2. The van der Waals surface area contributed by atoms with E-state index in [2.05, 4.69) is 26.2 Å². The lowest BCUT2D eigenvalue weighted by Gasteiger charge is -2.09. The van der Waals surface area contributed by atoms with Gasteiger partial charge in [0.25, 0.3) is 0 Å². The van der Waals surface area contributed by atoms with Gasteiger partial charge < -0.3 is 15.5 Å². The van der Waals surface area contributed by atoms with Crippen molar-refractivity contribution in [2.75, 3.05) is 11.1 Å². The molecule has 0 aliphatic carbocycles. The van der Waals surface area contributed by atoms with Crippen molar-refractivity contribution in [3.05, 3.63) is 47.3 Å². The van der Waals surface area contributed by atoms with Gasteiger partial charge in [0, 0.05) is 16.2 Å². The number of oxazole rings is 1. The summed E-state index contributed by atoms with van der Waals surface area (Å²) >= 11 is 3.38. The molecule has 1 heterocycles. The van der Waals surface area contributed by atoms with Gasteiger partial charge >= 0.3 is 0 Å². The number of benzene rings is 2. The maximum atomic E-state index is 5.93. The maximum absolute atomic E-state index is 5.93. The normalized spacial score (nSPS) is 10.7. The van der Waals surface area contributed by atoms with Gasteiger partial charge in [-0.2, -0.15) is 0 Å². The van der Waals surface area contributed by atoms with Crippen LogP contribution in [-0.2, 0) is 0 Å². The Balaban J connectivity index is 1.95. The van der Waals surface area contributed by atoms with E-state index >= 15 is 0 Å². The van der Waals surface area contributed by atoms with E-state index in [1.54, 1.807) is 0 Å². The summed E-state index contributed by atoms with van der Waals surface area (Å²) in [7, 11) is 0. The van der Waals surface area contributed by atoms with Crippen LogP contribution in [0.3, 0.4) is 0 Å². The van der Waals surface area contributed by atoms with Crippen molar-refractivity contribution in [3.8, 4) is 0 Å². The average molecular weight is 304 g/mol. The minimum Gasteiger partial charge on any atom is -0.443 e. The first-order chi connectivity index (χ1) is 8.72. The van der Waals surface area contributed by atoms with Gasteiger partial charge in [-0.1, -0.05) is 15.9 Å². The van der Waals surface area contributed by atoms with E-state index in [4.69, 9.17) is 10.2 Å². The fraction of sp³-hybridized carbons (Fsp3) is 0. The molecule has 0 radical (unpaired) electrons. The topological polar surface area (TPSA) is 64.1 Å². The van der Waals surface area contributed by atoms with Crippen LogP contribution in [0.5, 0.6) is 0 Å². The van der Waals surface area contributed by atoms with E-state index in [-0.39, 0.29) is 0 Å². The van der Waals surface area contributed by atoms with E-state index in [9.17, 15) is 0 Å². The van der Waals surface area contributed by atoms with Crippen molar-refractivity contribution in [1.82, 2.24) is 4.98 Å². The fourth-order valence-electron chi connectivity index (χ4n) is 1.74. The minimum absolute atomic E-state index is 0.682. The minimum atomic E-state index is 0.682. The number of hydrogen-bond acceptors (Lipinski definition) is 4. The van der Waals surface area contributed by atoms with Crippen molar-refractivity contribution in [2.45, 2.75) is 0 Å². The summed E-state index contributed by atoms with van der Waals surface area (Å²) < 4.78 is 6.21. The predicted molar refractivity (Wildman–Crippen MR) is 75.8 cm³/mol. The molecule has 0 unspecified atom stereocenters. The monoisotopic (exact) mass is 303 g/mol. The lowest BCUT2D eigenvalue weighted by atomic mass is 10.2. The van der Waals surface area contributed by atoms with E-state index in [1.807, 2.05) is 36.4 Å². The average Bonchev–Trinajstić information content (AvgIpc) is 2.80. The molecule has 18 heavy (non-hydrogen) atoms. The number of nitrogens with zero attached hydrogens (tertiary/aromatic N) is 1. The zero-order valence-corrected chi connectivity index (χ0v) is 10.9. The molecule has 5 heteroatoms. The van der Waals surface area contributed by atoms with Gasteiger partial charge in [-0.25, -0.2) is 4.98 Å². The molecule has 0 atom stereocenters. The fourth-order valence-corrected chi connectivity index (χ4v) is 2.11. The van der Waals surface area contributed by atoms with E-state index < -0.39 is 0 Å². The second kappa shape index (κ2) is 4.34. The number of rotatable bonds is 2. The van der Waals surface area contributed by atoms with Gasteiger partial charge in [-0.15, -0.1) is 0 Å². The smallest absolute Gasteiger partial charge is 0.181 e. The van der Waals surface area contributed by atoms with E-state index in [1.165, 1.54) is 6.39 Å². The molecule has 3 rings (SSSR count). The molecule has 0 bridgehead atoms. The summed E-state index contributed by atoms with van der Waals surface area (Å²) in [6, 6.07) is 11.4. The number of nitrogens with two attached hydrogens (primary N) is 1. The standard InChI is InChI=1S/C13H10BrN3O/c14-8-1-3-11(10(15)5-8)17-9-2-4-12-13(6-9)18-7-16-12/h1-7,17H,15H2. The molecule has 0 amide bonds. The first-order valence-corrected chi connectivity index (χ1v) is 6.17. The largest absolute Gasteiger partial charge is 0.443 e. The Morgan fingerprint density at radius 1 is 1.17 bits per heavy atom. The summed E-state index contributed by atoms with van der Waals surface area (Å²) in [4.78, 5) is 4.07. The van der Waals surface area contributed by atoms with Crippen LogP contribution < -0.4 is 11.1 Å². The Bertz CT molecular complexity index is 708. The van der Waals surface area contributed by atoms with Gasteiger partial charge in [0.05, 0.1) is 11.4 Å². The quantitative estimate of drug-likeness (QED) is 0.704. The Kier molecular flexibility index (Phi) is 2.68. The van der Waals surface area contributed by atoms with Crippen molar-refractivity contribution < 1.29 is 4.42 Å². The van der Waals surface area contributed by atoms with Crippen LogP contribution in [-0.4, -0.2) is 4.98 Å². The molecule has 1 aromatic heterocycles. The van der Waals surface area contributed by atoms with Gasteiger partial charge in [-0.3, -0.25) is 0 Å².